The van der Waals surface area contributed by atoms with Crippen LogP contribution in [0.15, 0.2) is 30.3 Å². The first-order valence-electron chi connectivity index (χ1n) is 5.43. The standard InChI is InChI=1S/C14H19O/c1-14(2,3)10-13(11-15)9-12-7-5-4-6-8-12/h4-8,13H,9-10H2,1-3H3. The lowest BCUT2D eigenvalue weighted by molar-refractivity contribution is 0.328. The Balaban J connectivity index is 2.59. The summed E-state index contributed by atoms with van der Waals surface area (Å²) in [6.07, 6.45) is 3.86. The van der Waals surface area contributed by atoms with Gasteiger partial charge >= 0.3 is 0 Å². The molecular weight excluding hydrogens is 184 g/mol. The summed E-state index contributed by atoms with van der Waals surface area (Å²) in [5, 5.41) is 0. The second kappa shape index (κ2) is 5.11. The van der Waals surface area contributed by atoms with Crippen molar-refractivity contribution in [3.63, 3.8) is 0 Å². The van der Waals surface area contributed by atoms with E-state index in [1.54, 1.807) is 0 Å². The summed E-state index contributed by atoms with van der Waals surface area (Å²) >= 11 is 0. The van der Waals surface area contributed by atoms with Crippen LogP contribution in [-0.2, 0) is 11.2 Å². The molecule has 0 spiro atoms. The molecule has 0 aliphatic rings. The smallest absolute Gasteiger partial charge is 0.202 e. The van der Waals surface area contributed by atoms with Crippen molar-refractivity contribution in [1.29, 1.82) is 0 Å². The van der Waals surface area contributed by atoms with Crippen LogP contribution < -0.4 is 0 Å². The summed E-state index contributed by atoms with van der Waals surface area (Å²) in [5.41, 5.74) is 1.41. The molecule has 1 aromatic carbocycles. The average Bonchev–Trinajstić information content (AvgIpc) is 2.16. The van der Waals surface area contributed by atoms with Gasteiger partial charge in [0.1, 0.15) is 0 Å². The Kier molecular flexibility index (Phi) is 4.07. The van der Waals surface area contributed by atoms with Gasteiger partial charge in [-0.05, 0) is 23.8 Å². The first-order chi connectivity index (χ1) is 7.01. The van der Waals surface area contributed by atoms with Crippen LogP contribution in [-0.4, -0.2) is 6.29 Å². The monoisotopic (exact) mass is 203 g/mol. The highest BCUT2D eigenvalue weighted by molar-refractivity contribution is 5.55. The van der Waals surface area contributed by atoms with E-state index in [2.05, 4.69) is 39.2 Å². The molecule has 0 fully saturated rings. The molecule has 0 aliphatic heterocycles. The minimum Gasteiger partial charge on any atom is -0.291 e. The van der Waals surface area contributed by atoms with Crippen molar-refractivity contribution >= 4 is 6.29 Å². The zero-order valence-electron chi connectivity index (χ0n) is 9.79. The molecule has 1 radical (unpaired) electrons. The summed E-state index contributed by atoms with van der Waals surface area (Å²) < 4.78 is 0. The third kappa shape index (κ3) is 4.78. The molecule has 1 unspecified atom stereocenters. The van der Waals surface area contributed by atoms with Gasteiger partial charge in [0.25, 0.3) is 0 Å². The molecule has 1 heteroatoms. The van der Waals surface area contributed by atoms with Crippen LogP contribution in [0.5, 0.6) is 0 Å². The van der Waals surface area contributed by atoms with Gasteiger partial charge in [-0.2, -0.15) is 0 Å². The maximum atomic E-state index is 10.9. The largest absolute Gasteiger partial charge is 0.291 e. The van der Waals surface area contributed by atoms with E-state index in [4.69, 9.17) is 0 Å². The van der Waals surface area contributed by atoms with E-state index in [1.165, 1.54) is 5.56 Å². The quantitative estimate of drug-likeness (QED) is 0.733. The van der Waals surface area contributed by atoms with Crippen LogP contribution in [0.4, 0.5) is 0 Å². The molecule has 0 aliphatic carbocycles. The molecule has 1 atom stereocenters. The van der Waals surface area contributed by atoms with Gasteiger partial charge in [-0.3, -0.25) is 4.79 Å². The normalized spacial score (nSPS) is 13.5. The number of carbonyl (C=O) groups excluding carboxylic acids is 1. The molecule has 0 aromatic heterocycles. The predicted octanol–water partition coefficient (Wildman–Crippen LogP) is 3.39. The molecule has 0 N–H and O–H groups in total. The van der Waals surface area contributed by atoms with E-state index in [0.29, 0.717) is 0 Å². The maximum absolute atomic E-state index is 10.9. The number of hydrogen-bond donors (Lipinski definition) is 0. The fourth-order valence-electron chi connectivity index (χ4n) is 1.79. The SMILES string of the molecule is CC(C)(C)CC([C]=O)Cc1ccccc1. The summed E-state index contributed by atoms with van der Waals surface area (Å²) in [4.78, 5) is 10.9. The van der Waals surface area contributed by atoms with Crippen molar-refractivity contribution < 1.29 is 4.79 Å². The molecule has 15 heavy (non-hydrogen) atoms. The second-order valence-electron chi connectivity index (χ2n) is 5.27. The van der Waals surface area contributed by atoms with Crippen molar-refractivity contribution in [3.8, 4) is 0 Å². The first kappa shape index (κ1) is 12.0. The molecule has 0 saturated heterocycles. The molecule has 0 saturated carbocycles. The van der Waals surface area contributed by atoms with E-state index in [9.17, 15) is 4.79 Å². The highest BCUT2D eigenvalue weighted by atomic mass is 16.1. The fourth-order valence-corrected chi connectivity index (χ4v) is 1.79. The minimum atomic E-state index is 0.0207. The Morgan fingerprint density at radius 1 is 1.20 bits per heavy atom. The van der Waals surface area contributed by atoms with Gasteiger partial charge in [0.05, 0.1) is 0 Å². The van der Waals surface area contributed by atoms with E-state index >= 15 is 0 Å². The van der Waals surface area contributed by atoms with E-state index in [0.717, 1.165) is 12.8 Å². The van der Waals surface area contributed by atoms with Gasteiger partial charge in [0.15, 0.2) is 0 Å². The van der Waals surface area contributed by atoms with E-state index in [-0.39, 0.29) is 11.3 Å². The van der Waals surface area contributed by atoms with Gasteiger partial charge in [0.2, 0.25) is 6.29 Å². The topological polar surface area (TPSA) is 17.1 Å². The summed E-state index contributed by atoms with van der Waals surface area (Å²) in [6.45, 7) is 6.47. The Hall–Kier alpha value is -1.11. The van der Waals surface area contributed by atoms with Gasteiger partial charge in [-0.15, -0.1) is 0 Å². The third-order valence-electron chi connectivity index (χ3n) is 2.35. The van der Waals surface area contributed by atoms with E-state index < -0.39 is 0 Å². The van der Waals surface area contributed by atoms with E-state index in [1.807, 2.05) is 18.2 Å². The molecule has 1 aromatic rings. The molecular formula is C14H19O. The van der Waals surface area contributed by atoms with Crippen molar-refractivity contribution in [1.82, 2.24) is 0 Å². The number of rotatable bonds is 4. The number of benzene rings is 1. The molecule has 81 valence electrons. The van der Waals surface area contributed by atoms with Gasteiger partial charge in [-0.1, -0.05) is 51.1 Å². The summed E-state index contributed by atoms with van der Waals surface area (Å²) in [5.74, 6) is 0.0207. The Bertz CT molecular complexity index is 295. The van der Waals surface area contributed by atoms with Crippen LogP contribution in [0.25, 0.3) is 0 Å². The zero-order valence-corrected chi connectivity index (χ0v) is 9.79. The van der Waals surface area contributed by atoms with Crippen LogP contribution in [0.1, 0.15) is 32.8 Å². The molecule has 0 heterocycles. The van der Waals surface area contributed by atoms with Crippen LogP contribution in [0, 0.1) is 11.3 Å². The predicted molar refractivity (Wildman–Crippen MR) is 63.4 cm³/mol. The third-order valence-corrected chi connectivity index (χ3v) is 2.35. The lowest BCUT2D eigenvalue weighted by Crippen LogP contribution is -2.16. The summed E-state index contributed by atoms with van der Waals surface area (Å²) in [7, 11) is 0. The summed E-state index contributed by atoms with van der Waals surface area (Å²) in [6, 6.07) is 10.1. The number of hydrogen-bond acceptors (Lipinski definition) is 1. The molecule has 0 amide bonds. The maximum Gasteiger partial charge on any atom is 0.202 e. The lowest BCUT2D eigenvalue weighted by atomic mass is 9.83. The Labute approximate surface area is 92.5 Å². The van der Waals surface area contributed by atoms with Crippen molar-refractivity contribution in [2.45, 2.75) is 33.6 Å². The highest BCUT2D eigenvalue weighted by Crippen LogP contribution is 2.25. The Morgan fingerprint density at radius 3 is 2.27 bits per heavy atom. The average molecular weight is 203 g/mol. The lowest BCUT2D eigenvalue weighted by Gasteiger charge is -2.21. The Morgan fingerprint density at radius 2 is 1.80 bits per heavy atom. The van der Waals surface area contributed by atoms with Crippen molar-refractivity contribution in [3.05, 3.63) is 35.9 Å². The van der Waals surface area contributed by atoms with Gasteiger partial charge < -0.3 is 0 Å². The second-order valence-corrected chi connectivity index (χ2v) is 5.27. The highest BCUT2D eigenvalue weighted by Gasteiger charge is 2.19. The van der Waals surface area contributed by atoms with Gasteiger partial charge in [-0.25, -0.2) is 0 Å². The molecule has 0 bridgehead atoms. The molecule has 1 rings (SSSR count). The van der Waals surface area contributed by atoms with Crippen LogP contribution in [0.2, 0.25) is 0 Å². The first-order valence-corrected chi connectivity index (χ1v) is 5.43. The zero-order chi connectivity index (χ0) is 11.3. The van der Waals surface area contributed by atoms with Crippen LogP contribution >= 0.6 is 0 Å². The fraction of sp³-hybridized carbons (Fsp3) is 0.500. The van der Waals surface area contributed by atoms with Crippen molar-refractivity contribution in [2.75, 3.05) is 0 Å². The minimum absolute atomic E-state index is 0.0207. The van der Waals surface area contributed by atoms with Gasteiger partial charge in [0, 0.05) is 5.92 Å². The van der Waals surface area contributed by atoms with Crippen LogP contribution in [0.3, 0.4) is 0 Å². The molecule has 1 nitrogen and oxygen atoms in total. The van der Waals surface area contributed by atoms with Crippen molar-refractivity contribution in [2.24, 2.45) is 11.3 Å².